The molecule has 2 bridgehead atoms. The summed E-state index contributed by atoms with van der Waals surface area (Å²) in [6.45, 7) is 2.41. The summed E-state index contributed by atoms with van der Waals surface area (Å²) in [6.07, 6.45) is 6.27. The second-order valence-corrected chi connectivity index (χ2v) is 9.96. The normalized spacial score (nSPS) is 25.4. The first kappa shape index (κ1) is 23.1. The van der Waals surface area contributed by atoms with Crippen LogP contribution < -0.4 is 15.0 Å². The van der Waals surface area contributed by atoms with Crippen molar-refractivity contribution < 1.29 is 17.9 Å². The monoisotopic (exact) mass is 499 g/mol. The topological polar surface area (TPSA) is 81.0 Å². The van der Waals surface area contributed by atoms with Crippen LogP contribution in [0.15, 0.2) is 24.4 Å². The summed E-state index contributed by atoms with van der Waals surface area (Å²) in [5, 5.41) is 16.3. The second kappa shape index (κ2) is 9.25. The molecule has 1 aromatic carbocycles. The fourth-order valence-electron chi connectivity index (χ4n) is 6.11. The van der Waals surface area contributed by atoms with Crippen LogP contribution in [0.3, 0.4) is 0 Å². The zero-order valence-corrected chi connectivity index (χ0v) is 20.0. The number of piperidine rings is 1. The predicted molar refractivity (Wildman–Crippen MR) is 126 cm³/mol. The van der Waals surface area contributed by atoms with Gasteiger partial charge in [0.15, 0.2) is 17.5 Å². The lowest BCUT2D eigenvalue weighted by Crippen LogP contribution is -2.48. The van der Waals surface area contributed by atoms with E-state index in [1.54, 1.807) is 18.0 Å². The van der Waals surface area contributed by atoms with Gasteiger partial charge in [0, 0.05) is 43.2 Å². The third-order valence-corrected chi connectivity index (χ3v) is 7.89. The Morgan fingerprint density at radius 1 is 1.03 bits per heavy atom. The van der Waals surface area contributed by atoms with Crippen molar-refractivity contribution in [2.75, 3.05) is 30.4 Å². The van der Waals surface area contributed by atoms with Crippen molar-refractivity contribution >= 4 is 11.6 Å². The summed E-state index contributed by atoms with van der Waals surface area (Å²) in [5.41, 5.74) is 1.13. The second-order valence-electron chi connectivity index (χ2n) is 9.96. The van der Waals surface area contributed by atoms with Crippen LogP contribution in [0, 0.1) is 29.3 Å². The van der Waals surface area contributed by atoms with Crippen molar-refractivity contribution in [3.05, 3.63) is 53.2 Å². The van der Waals surface area contributed by atoms with Crippen molar-refractivity contribution in [1.29, 1.82) is 0 Å². The Morgan fingerprint density at radius 3 is 2.61 bits per heavy atom. The molecule has 1 aliphatic carbocycles. The lowest BCUT2D eigenvalue weighted by molar-refractivity contribution is 0.372. The molecule has 8 nitrogen and oxygen atoms in total. The first-order valence-electron chi connectivity index (χ1n) is 12.5. The number of nitrogens with one attached hydrogen (secondary N) is 1. The Bertz CT molecular complexity index is 1250. The molecule has 3 aliphatic rings. The number of aromatic nitrogens is 5. The third-order valence-electron chi connectivity index (χ3n) is 7.89. The molecular weight excluding hydrogens is 471 g/mol. The first-order chi connectivity index (χ1) is 17.5. The van der Waals surface area contributed by atoms with E-state index in [9.17, 15) is 13.2 Å². The molecule has 4 atom stereocenters. The molecule has 1 N–H and O–H groups in total. The molecule has 0 amide bonds. The number of hydrogen-bond donors (Lipinski definition) is 1. The van der Waals surface area contributed by atoms with E-state index >= 15 is 0 Å². The van der Waals surface area contributed by atoms with Crippen LogP contribution >= 0.6 is 0 Å². The molecule has 0 spiro atoms. The van der Waals surface area contributed by atoms with Crippen molar-refractivity contribution in [3.63, 3.8) is 0 Å². The van der Waals surface area contributed by atoms with Crippen molar-refractivity contribution in [1.82, 2.24) is 25.0 Å². The molecule has 1 saturated heterocycles. The molecule has 36 heavy (non-hydrogen) atoms. The van der Waals surface area contributed by atoms with Crippen molar-refractivity contribution in [3.8, 4) is 5.88 Å². The average molecular weight is 500 g/mol. The summed E-state index contributed by atoms with van der Waals surface area (Å²) >= 11 is 0. The number of fused-ring (bicyclic) bond motifs is 3. The molecule has 11 heteroatoms. The van der Waals surface area contributed by atoms with Gasteiger partial charge in [-0.15, -0.1) is 10.2 Å². The van der Waals surface area contributed by atoms with E-state index < -0.39 is 23.4 Å². The van der Waals surface area contributed by atoms with Crippen LogP contribution in [0.25, 0.3) is 0 Å². The van der Waals surface area contributed by atoms with Crippen LogP contribution in [0.5, 0.6) is 5.88 Å². The largest absolute Gasteiger partial charge is 0.480 e. The van der Waals surface area contributed by atoms with Crippen LogP contribution in [-0.2, 0) is 6.54 Å². The summed E-state index contributed by atoms with van der Waals surface area (Å²) in [4.78, 5) is 7.09. The summed E-state index contributed by atoms with van der Waals surface area (Å²) < 4.78 is 49.3. The smallest absolute Gasteiger partial charge is 0.242 e. The Hall–Kier alpha value is -3.37. The Kier molecular flexibility index (Phi) is 5.93. The summed E-state index contributed by atoms with van der Waals surface area (Å²) in [6, 6.07) is 4.45. The summed E-state index contributed by atoms with van der Waals surface area (Å²) in [7, 11) is 1.58. The Labute approximate surface area is 206 Å². The first-order valence-corrected chi connectivity index (χ1v) is 12.5. The fourth-order valence-corrected chi connectivity index (χ4v) is 6.11. The van der Waals surface area contributed by atoms with Gasteiger partial charge >= 0.3 is 0 Å². The molecule has 0 unspecified atom stereocenters. The number of halogens is 3. The molecule has 6 rings (SSSR count). The van der Waals surface area contributed by atoms with E-state index in [-0.39, 0.29) is 11.6 Å². The van der Waals surface area contributed by atoms with E-state index in [2.05, 4.69) is 20.4 Å². The molecule has 2 aromatic heterocycles. The maximum Gasteiger partial charge on any atom is 0.242 e. The lowest BCUT2D eigenvalue weighted by Gasteiger charge is -2.39. The average Bonchev–Trinajstić information content (AvgIpc) is 3.30. The van der Waals surface area contributed by atoms with Crippen LogP contribution in [-0.4, -0.2) is 51.2 Å². The molecule has 1 saturated carbocycles. The predicted octanol–water partition coefficient (Wildman–Crippen LogP) is 4.14. The van der Waals surface area contributed by atoms with E-state index in [0.29, 0.717) is 42.5 Å². The number of aryl methyl sites for hydroxylation is 1. The van der Waals surface area contributed by atoms with Gasteiger partial charge in [-0.1, -0.05) is 12.5 Å². The number of ether oxygens (including phenoxy) is 1. The zero-order chi connectivity index (χ0) is 24.8. The highest BCUT2D eigenvalue weighted by Crippen LogP contribution is 2.41. The van der Waals surface area contributed by atoms with Gasteiger partial charge in [-0.3, -0.25) is 0 Å². The molecule has 3 aromatic rings. The SMILES string of the molecule is COc1cc(N2C[C@H]3CC[C@@H](C2)[C@@H]3Nc2nc3n(n2)CCCC[C@H]3c2ccc(F)c(F)c2F)cnn1. The Morgan fingerprint density at radius 2 is 1.83 bits per heavy atom. The van der Waals surface area contributed by atoms with E-state index in [4.69, 9.17) is 14.8 Å². The molecule has 2 fully saturated rings. The van der Waals surface area contributed by atoms with Gasteiger partial charge in [-0.25, -0.2) is 17.9 Å². The van der Waals surface area contributed by atoms with Crippen LogP contribution in [0.4, 0.5) is 24.8 Å². The molecule has 0 radical (unpaired) electrons. The van der Waals surface area contributed by atoms with Crippen molar-refractivity contribution in [2.45, 2.75) is 50.6 Å². The molecule has 190 valence electrons. The highest BCUT2D eigenvalue weighted by Gasteiger charge is 2.43. The van der Waals surface area contributed by atoms with Gasteiger partial charge < -0.3 is 15.0 Å². The van der Waals surface area contributed by atoms with Gasteiger partial charge in [0.1, 0.15) is 5.82 Å². The maximum absolute atomic E-state index is 14.7. The van der Waals surface area contributed by atoms with E-state index in [1.165, 1.54) is 6.07 Å². The standard InChI is InChI=1S/C25H28F3N7O/c1-36-20-10-16(11-29-32-20)34-12-14-5-6-15(13-34)23(14)30-25-31-24-18(4-2-3-9-35(24)33-25)17-7-8-19(26)22(28)21(17)27/h7-8,10-11,14-15,18,23H,2-6,9,12-13H2,1H3,(H,30,33)/t14-,15+,18-,23-/m0/s1. The zero-order valence-electron chi connectivity index (χ0n) is 20.0. The number of nitrogens with zero attached hydrogens (tertiary/aromatic N) is 6. The molecular formula is C25H28F3N7O. The number of benzene rings is 1. The minimum Gasteiger partial charge on any atom is -0.480 e. The molecule has 2 aliphatic heterocycles. The van der Waals surface area contributed by atoms with Gasteiger partial charge in [-0.05, 0) is 43.6 Å². The van der Waals surface area contributed by atoms with Crippen LogP contribution in [0.1, 0.15) is 49.4 Å². The third kappa shape index (κ3) is 4.04. The van der Waals surface area contributed by atoms with Gasteiger partial charge in [0.2, 0.25) is 11.8 Å². The summed E-state index contributed by atoms with van der Waals surface area (Å²) in [5.74, 6) is -1.81. The maximum atomic E-state index is 14.7. The van der Waals surface area contributed by atoms with Crippen LogP contribution in [0.2, 0.25) is 0 Å². The number of anilines is 2. The lowest BCUT2D eigenvalue weighted by atomic mass is 9.92. The van der Waals surface area contributed by atoms with Gasteiger partial charge in [-0.2, -0.15) is 10.1 Å². The van der Waals surface area contributed by atoms with Gasteiger partial charge in [0.05, 0.1) is 19.0 Å². The number of methoxy groups -OCH3 is 1. The van der Waals surface area contributed by atoms with Crippen molar-refractivity contribution in [2.24, 2.45) is 11.8 Å². The number of rotatable bonds is 5. The highest BCUT2D eigenvalue weighted by atomic mass is 19.2. The minimum atomic E-state index is -1.44. The van der Waals surface area contributed by atoms with E-state index in [0.717, 1.165) is 50.5 Å². The number of hydrogen-bond acceptors (Lipinski definition) is 7. The van der Waals surface area contributed by atoms with Gasteiger partial charge in [0.25, 0.3) is 0 Å². The van der Waals surface area contributed by atoms with E-state index in [1.807, 2.05) is 6.07 Å². The highest BCUT2D eigenvalue weighted by molar-refractivity contribution is 5.48. The quantitative estimate of drug-likeness (QED) is 0.529. The minimum absolute atomic E-state index is 0.130. The fraction of sp³-hybridized carbons (Fsp3) is 0.520. The Balaban J connectivity index is 1.23. The molecule has 4 heterocycles.